The number of hydrogen-bond donors (Lipinski definition) is 0. The standard InChI is InChI=1S/C18H19NO4/c1-11(20)23-13-2-3-18-4-5-19(17(18)7-13)9-12-6-15-16(8-14(12)18)22-10-21-15/h2-3,6,8,13,17H,4-5,7,9-10H2,1H3/t13-,17+,18?/m0/s1. The van der Waals surface area contributed by atoms with Gasteiger partial charge in [-0.2, -0.15) is 0 Å². The summed E-state index contributed by atoms with van der Waals surface area (Å²) in [5, 5.41) is 0. The summed E-state index contributed by atoms with van der Waals surface area (Å²) < 4.78 is 16.6. The molecule has 1 aliphatic carbocycles. The highest BCUT2D eigenvalue weighted by atomic mass is 16.7. The smallest absolute Gasteiger partial charge is 0.303 e. The van der Waals surface area contributed by atoms with Crippen LogP contribution in [0.15, 0.2) is 24.3 Å². The molecule has 0 spiro atoms. The lowest BCUT2D eigenvalue weighted by molar-refractivity contribution is -0.145. The average Bonchev–Trinajstić information content (AvgIpc) is 3.07. The van der Waals surface area contributed by atoms with Gasteiger partial charge < -0.3 is 14.2 Å². The zero-order valence-electron chi connectivity index (χ0n) is 13.1. The Hall–Kier alpha value is -2.01. The number of rotatable bonds is 1. The lowest BCUT2D eigenvalue weighted by Crippen LogP contribution is -2.49. The van der Waals surface area contributed by atoms with Gasteiger partial charge in [-0.05, 0) is 35.8 Å². The van der Waals surface area contributed by atoms with Crippen LogP contribution in [0.3, 0.4) is 0 Å². The lowest BCUT2D eigenvalue weighted by Gasteiger charge is -2.45. The average molecular weight is 313 g/mol. The number of carbonyl (C=O) groups excluding carboxylic acids is 1. The minimum absolute atomic E-state index is 0.0191. The van der Waals surface area contributed by atoms with Gasteiger partial charge in [-0.15, -0.1) is 0 Å². The molecular weight excluding hydrogens is 294 g/mol. The molecular formula is C18H19NO4. The fraction of sp³-hybridized carbons (Fsp3) is 0.500. The maximum Gasteiger partial charge on any atom is 0.303 e. The second-order valence-electron chi connectivity index (χ2n) is 6.88. The van der Waals surface area contributed by atoms with E-state index in [1.807, 2.05) is 0 Å². The van der Waals surface area contributed by atoms with Gasteiger partial charge in [0, 0.05) is 37.9 Å². The molecule has 1 aromatic rings. The van der Waals surface area contributed by atoms with Gasteiger partial charge in [0.25, 0.3) is 0 Å². The van der Waals surface area contributed by atoms with E-state index >= 15 is 0 Å². The predicted molar refractivity (Wildman–Crippen MR) is 82.4 cm³/mol. The molecule has 5 heteroatoms. The molecule has 5 nitrogen and oxygen atoms in total. The first-order chi connectivity index (χ1) is 11.2. The molecule has 0 aromatic heterocycles. The Balaban J connectivity index is 1.60. The van der Waals surface area contributed by atoms with Crippen molar-refractivity contribution in [2.24, 2.45) is 0 Å². The van der Waals surface area contributed by atoms with E-state index in [0.717, 1.165) is 37.4 Å². The summed E-state index contributed by atoms with van der Waals surface area (Å²) in [7, 11) is 0. The first-order valence-corrected chi connectivity index (χ1v) is 8.19. The SMILES string of the molecule is CC(=O)O[C@H]1C=CC23CCN(Cc4cc5c(cc42)OCO5)[C@@H]3C1. The Kier molecular flexibility index (Phi) is 2.63. The number of ether oxygens (including phenoxy) is 3. The molecule has 3 heterocycles. The summed E-state index contributed by atoms with van der Waals surface area (Å²) in [6.07, 6.45) is 6.20. The van der Waals surface area contributed by atoms with Gasteiger partial charge in [0.15, 0.2) is 11.5 Å². The Morgan fingerprint density at radius 1 is 1.35 bits per heavy atom. The Morgan fingerprint density at radius 2 is 2.17 bits per heavy atom. The topological polar surface area (TPSA) is 48.0 Å². The van der Waals surface area contributed by atoms with Crippen molar-refractivity contribution in [2.75, 3.05) is 13.3 Å². The highest BCUT2D eigenvalue weighted by molar-refractivity contribution is 5.66. The molecule has 120 valence electrons. The highest BCUT2D eigenvalue weighted by Crippen LogP contribution is 2.53. The first kappa shape index (κ1) is 13.4. The largest absolute Gasteiger partial charge is 0.458 e. The molecule has 2 unspecified atom stereocenters. The molecule has 1 fully saturated rings. The van der Waals surface area contributed by atoms with Crippen LogP contribution in [0.2, 0.25) is 0 Å². The minimum Gasteiger partial charge on any atom is -0.458 e. The lowest BCUT2D eigenvalue weighted by atomic mass is 9.66. The molecule has 3 aliphatic heterocycles. The van der Waals surface area contributed by atoms with Crippen molar-refractivity contribution in [3.63, 3.8) is 0 Å². The van der Waals surface area contributed by atoms with Crippen molar-refractivity contribution in [1.82, 2.24) is 4.90 Å². The monoisotopic (exact) mass is 313 g/mol. The van der Waals surface area contributed by atoms with Crippen LogP contribution < -0.4 is 9.47 Å². The molecule has 1 saturated heterocycles. The second kappa shape index (κ2) is 4.51. The van der Waals surface area contributed by atoms with E-state index in [-0.39, 0.29) is 17.5 Å². The number of hydrogen-bond acceptors (Lipinski definition) is 5. The third-order valence-electron chi connectivity index (χ3n) is 5.70. The van der Waals surface area contributed by atoms with Crippen LogP contribution in [-0.2, 0) is 21.5 Å². The highest BCUT2D eigenvalue weighted by Gasteiger charge is 2.53. The molecule has 4 atom stereocenters. The van der Waals surface area contributed by atoms with E-state index in [2.05, 4.69) is 29.2 Å². The summed E-state index contributed by atoms with van der Waals surface area (Å²) in [4.78, 5) is 13.8. The van der Waals surface area contributed by atoms with Crippen LogP contribution in [0, 0.1) is 0 Å². The first-order valence-electron chi connectivity index (χ1n) is 8.19. The van der Waals surface area contributed by atoms with Crippen LogP contribution in [0.4, 0.5) is 0 Å². The van der Waals surface area contributed by atoms with E-state index < -0.39 is 0 Å². The Bertz CT molecular complexity index is 728. The third-order valence-corrected chi connectivity index (χ3v) is 5.70. The van der Waals surface area contributed by atoms with E-state index in [9.17, 15) is 4.79 Å². The van der Waals surface area contributed by atoms with Crippen LogP contribution in [0.25, 0.3) is 0 Å². The number of fused-ring (bicyclic) bond motifs is 2. The molecule has 1 aromatic carbocycles. The maximum absolute atomic E-state index is 11.3. The number of esters is 1. The predicted octanol–water partition coefficient (Wildman–Crippen LogP) is 2.13. The van der Waals surface area contributed by atoms with Gasteiger partial charge >= 0.3 is 5.97 Å². The third kappa shape index (κ3) is 1.80. The molecule has 2 bridgehead atoms. The summed E-state index contributed by atoms with van der Waals surface area (Å²) in [6, 6.07) is 4.70. The maximum atomic E-state index is 11.3. The normalized spacial score (nSPS) is 35.6. The number of benzene rings is 1. The van der Waals surface area contributed by atoms with E-state index in [1.54, 1.807) is 0 Å². The zero-order valence-corrected chi connectivity index (χ0v) is 13.1. The number of carbonyl (C=O) groups is 1. The van der Waals surface area contributed by atoms with E-state index in [0.29, 0.717) is 12.8 Å². The van der Waals surface area contributed by atoms with Crippen molar-refractivity contribution in [3.05, 3.63) is 35.4 Å². The van der Waals surface area contributed by atoms with Crippen LogP contribution in [0.1, 0.15) is 30.9 Å². The van der Waals surface area contributed by atoms with Gasteiger partial charge in [0.2, 0.25) is 6.79 Å². The Labute approximate surface area is 134 Å². The van der Waals surface area contributed by atoms with Crippen molar-refractivity contribution in [3.8, 4) is 11.5 Å². The molecule has 23 heavy (non-hydrogen) atoms. The molecule has 4 aliphatic rings. The summed E-state index contributed by atoms with van der Waals surface area (Å²) in [5.41, 5.74) is 2.71. The second-order valence-corrected chi connectivity index (χ2v) is 6.88. The molecule has 0 amide bonds. The zero-order chi connectivity index (χ0) is 15.6. The van der Waals surface area contributed by atoms with Gasteiger partial charge in [0.05, 0.1) is 0 Å². The van der Waals surface area contributed by atoms with Crippen molar-refractivity contribution >= 4 is 5.97 Å². The minimum atomic E-state index is -0.211. The van der Waals surface area contributed by atoms with Gasteiger partial charge in [-0.1, -0.05) is 6.08 Å². The van der Waals surface area contributed by atoms with E-state index in [4.69, 9.17) is 14.2 Å². The van der Waals surface area contributed by atoms with Gasteiger partial charge in [-0.25, -0.2) is 0 Å². The quantitative estimate of drug-likeness (QED) is 0.587. The van der Waals surface area contributed by atoms with Crippen molar-refractivity contribution in [1.29, 1.82) is 0 Å². The molecule has 0 saturated carbocycles. The summed E-state index contributed by atoms with van der Waals surface area (Å²) in [6.45, 7) is 3.79. The Morgan fingerprint density at radius 3 is 3.00 bits per heavy atom. The van der Waals surface area contributed by atoms with Crippen molar-refractivity contribution < 1.29 is 19.0 Å². The number of nitrogens with zero attached hydrogens (tertiary/aromatic N) is 1. The van der Waals surface area contributed by atoms with Crippen LogP contribution >= 0.6 is 0 Å². The fourth-order valence-electron chi connectivity index (χ4n) is 4.77. The van der Waals surface area contributed by atoms with Gasteiger partial charge in [0.1, 0.15) is 6.10 Å². The van der Waals surface area contributed by atoms with Crippen molar-refractivity contribution in [2.45, 2.75) is 43.9 Å². The van der Waals surface area contributed by atoms with E-state index in [1.165, 1.54) is 18.1 Å². The van der Waals surface area contributed by atoms with Gasteiger partial charge in [-0.3, -0.25) is 9.69 Å². The van der Waals surface area contributed by atoms with Crippen LogP contribution in [-0.4, -0.2) is 36.4 Å². The molecule has 0 N–H and O–H groups in total. The fourth-order valence-corrected chi connectivity index (χ4v) is 4.77. The summed E-state index contributed by atoms with van der Waals surface area (Å²) >= 11 is 0. The molecule has 5 rings (SSSR count). The van der Waals surface area contributed by atoms with Crippen LogP contribution in [0.5, 0.6) is 11.5 Å². The molecule has 0 radical (unpaired) electrons. The summed E-state index contributed by atoms with van der Waals surface area (Å²) in [5.74, 6) is 1.50.